The molecule has 3 aromatic rings. The minimum absolute atomic E-state index is 0.0933. The smallest absolute Gasteiger partial charge is 0.414 e. The molecule has 5 rings (SSSR count). The number of nitrogens with zero attached hydrogens (tertiary/aromatic N) is 3. The van der Waals surface area contributed by atoms with Crippen LogP contribution >= 0.6 is 0 Å². The van der Waals surface area contributed by atoms with Gasteiger partial charge in [0.15, 0.2) is 0 Å². The number of hydrogen-bond acceptors (Lipinski definition) is 4. The van der Waals surface area contributed by atoms with E-state index in [-0.39, 0.29) is 12.1 Å². The van der Waals surface area contributed by atoms with Gasteiger partial charge >= 0.3 is 6.09 Å². The van der Waals surface area contributed by atoms with Gasteiger partial charge in [0, 0.05) is 24.5 Å². The summed E-state index contributed by atoms with van der Waals surface area (Å²) in [5.74, 6) is 0.439. The van der Waals surface area contributed by atoms with Gasteiger partial charge in [-0.3, -0.25) is 4.90 Å². The predicted molar refractivity (Wildman–Crippen MR) is 105 cm³/mol. The van der Waals surface area contributed by atoms with Gasteiger partial charge in [-0.1, -0.05) is 18.2 Å². The molecule has 1 amide bonds. The van der Waals surface area contributed by atoms with Crippen molar-refractivity contribution < 1.29 is 9.53 Å². The largest absolute Gasteiger partial charge is 0.447 e. The van der Waals surface area contributed by atoms with Crippen LogP contribution in [0.2, 0.25) is 0 Å². The lowest BCUT2D eigenvalue weighted by molar-refractivity contribution is 0.175. The number of aromatic nitrogens is 2. The van der Waals surface area contributed by atoms with Crippen molar-refractivity contribution in [2.24, 2.45) is 5.92 Å². The van der Waals surface area contributed by atoms with Gasteiger partial charge in [-0.15, -0.1) is 0 Å². The van der Waals surface area contributed by atoms with E-state index in [4.69, 9.17) is 4.74 Å². The van der Waals surface area contributed by atoms with E-state index in [1.54, 1.807) is 6.33 Å². The van der Waals surface area contributed by atoms with Gasteiger partial charge in [0.05, 0.1) is 23.4 Å². The summed E-state index contributed by atoms with van der Waals surface area (Å²) in [7, 11) is 0. The molecule has 0 radical (unpaired) electrons. The van der Waals surface area contributed by atoms with Gasteiger partial charge in [-0.05, 0) is 49.1 Å². The number of fused-ring (bicyclic) bond motifs is 1. The number of H-pyrrole nitrogens is 1. The second-order valence-corrected chi connectivity index (χ2v) is 7.28. The summed E-state index contributed by atoms with van der Waals surface area (Å²) in [4.78, 5) is 24.1. The molecule has 6 nitrogen and oxygen atoms in total. The highest BCUT2D eigenvalue weighted by Gasteiger charge is 2.40. The molecule has 27 heavy (non-hydrogen) atoms. The van der Waals surface area contributed by atoms with Crippen LogP contribution in [0, 0.1) is 5.92 Å². The van der Waals surface area contributed by atoms with Crippen LogP contribution in [-0.4, -0.2) is 41.8 Å². The van der Waals surface area contributed by atoms with E-state index >= 15 is 0 Å². The zero-order valence-electron chi connectivity index (χ0n) is 15.0. The number of amides is 1. The normalized spacial score (nSPS) is 21.0. The number of imidazole rings is 1. The highest BCUT2D eigenvalue weighted by molar-refractivity contribution is 5.93. The molecule has 0 bridgehead atoms. The maximum atomic E-state index is 12.5. The fourth-order valence-electron chi connectivity index (χ4n) is 4.33. The van der Waals surface area contributed by atoms with Crippen LogP contribution in [0.4, 0.5) is 16.2 Å². The Morgan fingerprint density at radius 3 is 2.67 bits per heavy atom. The average Bonchev–Trinajstić information content (AvgIpc) is 3.34. The first-order valence-electron chi connectivity index (χ1n) is 9.49. The van der Waals surface area contributed by atoms with Crippen molar-refractivity contribution in [2.75, 3.05) is 29.5 Å². The molecule has 0 saturated carbocycles. The Labute approximate surface area is 157 Å². The highest BCUT2D eigenvalue weighted by Crippen LogP contribution is 2.34. The highest BCUT2D eigenvalue weighted by atomic mass is 16.6. The van der Waals surface area contributed by atoms with Crippen molar-refractivity contribution in [3.63, 3.8) is 0 Å². The number of ether oxygens (including phenoxy) is 1. The Balaban J connectivity index is 1.34. The number of anilines is 2. The van der Waals surface area contributed by atoms with Crippen molar-refractivity contribution in [2.45, 2.75) is 18.9 Å². The van der Waals surface area contributed by atoms with Crippen LogP contribution in [0.25, 0.3) is 11.0 Å². The summed E-state index contributed by atoms with van der Waals surface area (Å²) in [6.45, 7) is 2.48. The molecule has 2 aromatic carbocycles. The first-order valence-corrected chi connectivity index (χ1v) is 9.49. The molecule has 2 saturated heterocycles. The van der Waals surface area contributed by atoms with Crippen molar-refractivity contribution >= 4 is 28.5 Å². The predicted octanol–water partition coefficient (Wildman–Crippen LogP) is 3.80. The molecule has 2 fully saturated rings. The number of nitrogens with one attached hydrogen (secondary N) is 1. The summed E-state index contributed by atoms with van der Waals surface area (Å²) in [5, 5.41) is 0. The van der Waals surface area contributed by atoms with E-state index in [9.17, 15) is 4.79 Å². The molecule has 1 aromatic heterocycles. The van der Waals surface area contributed by atoms with Gasteiger partial charge in [0.1, 0.15) is 6.61 Å². The van der Waals surface area contributed by atoms with Crippen molar-refractivity contribution in [3.05, 3.63) is 54.9 Å². The third-order valence-electron chi connectivity index (χ3n) is 5.79. The van der Waals surface area contributed by atoms with E-state index in [2.05, 4.69) is 39.1 Å². The van der Waals surface area contributed by atoms with Crippen LogP contribution in [0.1, 0.15) is 12.8 Å². The van der Waals surface area contributed by atoms with Gasteiger partial charge in [0.2, 0.25) is 0 Å². The molecule has 0 spiro atoms. The number of piperidine rings is 1. The fraction of sp³-hybridized carbons (Fsp3) is 0.333. The molecule has 1 N–H and O–H groups in total. The Kier molecular flexibility index (Phi) is 3.96. The van der Waals surface area contributed by atoms with Gasteiger partial charge in [-0.2, -0.15) is 0 Å². The summed E-state index contributed by atoms with van der Waals surface area (Å²) in [6.07, 6.45) is 3.54. The number of rotatable bonds is 3. The molecule has 2 aliphatic rings. The number of carbonyl (C=O) groups excluding carboxylic acids is 1. The van der Waals surface area contributed by atoms with E-state index in [1.807, 2.05) is 29.2 Å². The molecular weight excluding hydrogens is 340 g/mol. The number of hydrogen-bond donors (Lipinski definition) is 1. The molecule has 3 heterocycles. The molecule has 2 aliphatic heterocycles. The number of cyclic esters (lactones) is 1. The number of benzene rings is 2. The average molecular weight is 362 g/mol. The minimum Gasteiger partial charge on any atom is -0.447 e. The SMILES string of the molecule is O=C1OCC(C2CCN(c3ccccc3)CC2)N1c1ccc2nc[nH]c2c1. The zero-order chi connectivity index (χ0) is 18.2. The molecule has 6 heteroatoms. The van der Waals surface area contributed by atoms with E-state index in [0.29, 0.717) is 12.5 Å². The van der Waals surface area contributed by atoms with Crippen LogP contribution in [-0.2, 0) is 4.74 Å². The quantitative estimate of drug-likeness (QED) is 0.770. The standard InChI is InChI=1S/C21H22N4O2/c26-21-25(17-6-7-18-19(12-17)23-14-22-18)20(13-27-21)15-8-10-24(11-9-15)16-4-2-1-3-5-16/h1-7,12,14-15,20H,8-11,13H2,(H,22,23). The lowest BCUT2D eigenvalue weighted by atomic mass is 9.88. The number of carbonyl (C=O) groups is 1. The minimum atomic E-state index is -0.246. The summed E-state index contributed by atoms with van der Waals surface area (Å²) in [5.41, 5.74) is 3.99. The number of para-hydroxylation sites is 1. The fourth-order valence-corrected chi connectivity index (χ4v) is 4.33. The van der Waals surface area contributed by atoms with Crippen molar-refractivity contribution in [1.82, 2.24) is 9.97 Å². The van der Waals surface area contributed by atoms with Gasteiger partial charge in [0.25, 0.3) is 0 Å². The van der Waals surface area contributed by atoms with Crippen LogP contribution in [0.5, 0.6) is 0 Å². The summed E-state index contributed by atoms with van der Waals surface area (Å²) >= 11 is 0. The number of aromatic amines is 1. The van der Waals surface area contributed by atoms with E-state index in [1.165, 1.54) is 5.69 Å². The van der Waals surface area contributed by atoms with Gasteiger partial charge < -0.3 is 14.6 Å². The Hall–Kier alpha value is -3.02. The molecule has 138 valence electrons. The topological polar surface area (TPSA) is 61.5 Å². The Morgan fingerprint density at radius 2 is 1.85 bits per heavy atom. The van der Waals surface area contributed by atoms with E-state index < -0.39 is 0 Å². The van der Waals surface area contributed by atoms with Gasteiger partial charge in [-0.25, -0.2) is 9.78 Å². The molecular formula is C21H22N4O2. The van der Waals surface area contributed by atoms with Crippen LogP contribution in [0.3, 0.4) is 0 Å². The lowest BCUT2D eigenvalue weighted by Gasteiger charge is -2.37. The second kappa shape index (κ2) is 6.61. The molecule has 1 unspecified atom stereocenters. The van der Waals surface area contributed by atoms with Crippen LogP contribution < -0.4 is 9.80 Å². The first kappa shape index (κ1) is 16.2. The van der Waals surface area contributed by atoms with Crippen molar-refractivity contribution in [1.29, 1.82) is 0 Å². The molecule has 1 atom stereocenters. The summed E-state index contributed by atoms with van der Waals surface area (Å²) in [6, 6.07) is 16.5. The van der Waals surface area contributed by atoms with Crippen LogP contribution in [0.15, 0.2) is 54.9 Å². The zero-order valence-corrected chi connectivity index (χ0v) is 15.0. The molecule has 0 aliphatic carbocycles. The maximum Gasteiger partial charge on any atom is 0.414 e. The second-order valence-electron chi connectivity index (χ2n) is 7.28. The maximum absolute atomic E-state index is 12.5. The monoisotopic (exact) mass is 362 g/mol. The van der Waals surface area contributed by atoms with Crippen molar-refractivity contribution in [3.8, 4) is 0 Å². The Morgan fingerprint density at radius 1 is 1.04 bits per heavy atom. The summed E-state index contributed by atoms with van der Waals surface area (Å²) < 4.78 is 5.44. The lowest BCUT2D eigenvalue weighted by Crippen LogP contribution is -2.45. The Bertz CT molecular complexity index is 947. The van der Waals surface area contributed by atoms with E-state index in [0.717, 1.165) is 42.7 Å². The first-order chi connectivity index (χ1) is 13.3. The third kappa shape index (κ3) is 2.91. The third-order valence-corrected chi connectivity index (χ3v) is 5.79.